The maximum atomic E-state index is 5.13. The number of anilines is 3. The van der Waals surface area contributed by atoms with Gasteiger partial charge in [0, 0.05) is 23.7 Å². The number of aromatic nitrogens is 3. The Morgan fingerprint density at radius 1 is 0.926 bits per heavy atom. The van der Waals surface area contributed by atoms with Crippen molar-refractivity contribution in [3.8, 4) is 11.3 Å². The highest BCUT2D eigenvalue weighted by atomic mass is 16.5. The molecule has 0 spiro atoms. The third-order valence-electron chi connectivity index (χ3n) is 4.87. The van der Waals surface area contributed by atoms with Crippen LogP contribution in [0.1, 0.15) is 44.3 Å². The van der Waals surface area contributed by atoms with Gasteiger partial charge in [0.2, 0.25) is 5.95 Å². The fourth-order valence-corrected chi connectivity index (χ4v) is 3.51. The van der Waals surface area contributed by atoms with Gasteiger partial charge in [0.05, 0.1) is 5.69 Å². The quantitative estimate of drug-likeness (QED) is 0.598. The number of benzene rings is 1. The molecule has 0 amide bonds. The summed E-state index contributed by atoms with van der Waals surface area (Å²) in [7, 11) is 0. The number of aryl methyl sites for hydroxylation is 1. The van der Waals surface area contributed by atoms with Crippen molar-refractivity contribution in [3.63, 3.8) is 0 Å². The van der Waals surface area contributed by atoms with E-state index >= 15 is 0 Å². The standard InChI is InChI=1S/C21H25N5O/c1-15-13-20(26-27-15)25-21-23-18(16-9-5-4-6-10-16)14-19(24-21)22-17-11-7-2-3-8-12-17/h4-6,9-10,13-14,17H,2-3,7-8,11-12H2,1H3,(H2,22,23,24,25,26). The Balaban J connectivity index is 1.63. The van der Waals surface area contributed by atoms with E-state index in [-0.39, 0.29) is 0 Å². The van der Waals surface area contributed by atoms with Crippen LogP contribution in [0, 0.1) is 6.92 Å². The lowest BCUT2D eigenvalue weighted by Crippen LogP contribution is -2.19. The molecule has 0 aliphatic heterocycles. The Morgan fingerprint density at radius 2 is 1.70 bits per heavy atom. The second-order valence-electron chi connectivity index (χ2n) is 7.11. The van der Waals surface area contributed by atoms with Crippen LogP contribution in [0.25, 0.3) is 11.3 Å². The molecule has 27 heavy (non-hydrogen) atoms. The molecule has 6 heteroatoms. The summed E-state index contributed by atoms with van der Waals surface area (Å²) in [5.74, 6) is 2.71. The van der Waals surface area contributed by atoms with E-state index in [0.29, 0.717) is 17.8 Å². The molecule has 2 aromatic heterocycles. The van der Waals surface area contributed by atoms with Crippen molar-refractivity contribution in [1.82, 2.24) is 15.1 Å². The third kappa shape index (κ3) is 4.64. The molecule has 6 nitrogen and oxygen atoms in total. The van der Waals surface area contributed by atoms with Crippen LogP contribution in [0.15, 0.2) is 47.0 Å². The first-order valence-corrected chi connectivity index (χ1v) is 9.68. The Labute approximate surface area is 159 Å². The van der Waals surface area contributed by atoms with E-state index in [2.05, 4.69) is 37.9 Å². The fourth-order valence-electron chi connectivity index (χ4n) is 3.51. The first-order valence-electron chi connectivity index (χ1n) is 9.68. The second kappa shape index (κ2) is 8.20. The van der Waals surface area contributed by atoms with Crippen LogP contribution in [0.3, 0.4) is 0 Å². The minimum absolute atomic E-state index is 0.466. The van der Waals surface area contributed by atoms with Crippen molar-refractivity contribution >= 4 is 17.6 Å². The number of hydrogen-bond donors (Lipinski definition) is 2. The number of hydrogen-bond acceptors (Lipinski definition) is 6. The fraction of sp³-hybridized carbons (Fsp3) is 0.381. The van der Waals surface area contributed by atoms with Crippen molar-refractivity contribution in [2.24, 2.45) is 0 Å². The van der Waals surface area contributed by atoms with Gasteiger partial charge in [0.25, 0.3) is 0 Å². The van der Waals surface area contributed by atoms with E-state index in [1.54, 1.807) is 0 Å². The number of nitrogens with one attached hydrogen (secondary N) is 2. The molecule has 1 saturated carbocycles. The predicted molar refractivity (Wildman–Crippen MR) is 107 cm³/mol. The van der Waals surface area contributed by atoms with Crippen LogP contribution in [-0.4, -0.2) is 21.2 Å². The average Bonchev–Trinajstić information content (AvgIpc) is 2.92. The zero-order valence-electron chi connectivity index (χ0n) is 15.6. The third-order valence-corrected chi connectivity index (χ3v) is 4.87. The molecule has 2 N–H and O–H groups in total. The van der Waals surface area contributed by atoms with Crippen LogP contribution in [0.5, 0.6) is 0 Å². The van der Waals surface area contributed by atoms with Gasteiger partial charge in [-0.3, -0.25) is 0 Å². The van der Waals surface area contributed by atoms with Crippen LogP contribution in [0.2, 0.25) is 0 Å². The minimum Gasteiger partial charge on any atom is -0.367 e. The van der Waals surface area contributed by atoms with Crippen molar-refractivity contribution in [2.75, 3.05) is 10.6 Å². The molecule has 0 unspecified atom stereocenters. The molecule has 4 rings (SSSR count). The molecule has 1 aromatic carbocycles. The van der Waals surface area contributed by atoms with Gasteiger partial charge in [-0.1, -0.05) is 61.2 Å². The predicted octanol–water partition coefficient (Wildman–Crippen LogP) is 5.32. The smallest absolute Gasteiger partial charge is 0.231 e. The van der Waals surface area contributed by atoms with Gasteiger partial charge >= 0.3 is 0 Å². The van der Waals surface area contributed by atoms with E-state index < -0.39 is 0 Å². The minimum atomic E-state index is 0.466. The van der Waals surface area contributed by atoms with E-state index in [9.17, 15) is 0 Å². The van der Waals surface area contributed by atoms with Gasteiger partial charge in [-0.25, -0.2) is 4.98 Å². The summed E-state index contributed by atoms with van der Waals surface area (Å²) in [6.07, 6.45) is 7.59. The molecule has 2 heterocycles. The Bertz CT molecular complexity index is 869. The van der Waals surface area contributed by atoms with Crippen LogP contribution in [-0.2, 0) is 0 Å². The summed E-state index contributed by atoms with van der Waals surface area (Å²) in [6, 6.07) is 14.5. The first-order chi connectivity index (χ1) is 13.3. The normalized spacial score (nSPS) is 15.3. The van der Waals surface area contributed by atoms with Crippen molar-refractivity contribution in [1.29, 1.82) is 0 Å². The molecule has 0 saturated heterocycles. The zero-order chi connectivity index (χ0) is 18.5. The van der Waals surface area contributed by atoms with E-state index in [1.807, 2.05) is 37.3 Å². The summed E-state index contributed by atoms with van der Waals surface area (Å²) >= 11 is 0. The maximum absolute atomic E-state index is 5.13. The molecule has 0 atom stereocenters. The van der Waals surface area contributed by atoms with Gasteiger partial charge in [-0.05, 0) is 19.8 Å². The monoisotopic (exact) mass is 363 g/mol. The van der Waals surface area contributed by atoms with Gasteiger partial charge < -0.3 is 15.2 Å². The summed E-state index contributed by atoms with van der Waals surface area (Å²) < 4.78 is 5.13. The summed E-state index contributed by atoms with van der Waals surface area (Å²) in [5, 5.41) is 10.8. The summed E-state index contributed by atoms with van der Waals surface area (Å²) in [6.45, 7) is 1.86. The van der Waals surface area contributed by atoms with Crippen LogP contribution in [0.4, 0.5) is 17.6 Å². The van der Waals surface area contributed by atoms with Gasteiger partial charge in [0.15, 0.2) is 5.82 Å². The number of nitrogens with zero attached hydrogens (tertiary/aromatic N) is 3. The van der Waals surface area contributed by atoms with Crippen LogP contribution >= 0.6 is 0 Å². The first kappa shape index (κ1) is 17.5. The van der Waals surface area contributed by atoms with Crippen molar-refractivity contribution in [2.45, 2.75) is 51.5 Å². The molecule has 0 bridgehead atoms. The van der Waals surface area contributed by atoms with Gasteiger partial charge in [0.1, 0.15) is 11.6 Å². The van der Waals surface area contributed by atoms with Crippen molar-refractivity contribution in [3.05, 3.63) is 48.2 Å². The molecule has 1 aliphatic rings. The maximum Gasteiger partial charge on any atom is 0.231 e. The molecule has 0 radical (unpaired) electrons. The molecular formula is C21H25N5O. The average molecular weight is 363 g/mol. The SMILES string of the molecule is Cc1cc(Nc2nc(NC3CCCCCC3)cc(-c3ccccc3)n2)no1. The molecule has 140 valence electrons. The van der Waals surface area contributed by atoms with E-state index in [0.717, 1.165) is 22.8 Å². The molecule has 1 fully saturated rings. The summed E-state index contributed by atoms with van der Waals surface area (Å²) in [4.78, 5) is 9.35. The van der Waals surface area contributed by atoms with Gasteiger partial charge in [-0.2, -0.15) is 4.98 Å². The lowest BCUT2D eigenvalue weighted by atomic mass is 10.1. The highest BCUT2D eigenvalue weighted by molar-refractivity contribution is 5.65. The van der Waals surface area contributed by atoms with E-state index in [4.69, 9.17) is 4.52 Å². The topological polar surface area (TPSA) is 75.9 Å². The molecular weight excluding hydrogens is 338 g/mol. The largest absolute Gasteiger partial charge is 0.367 e. The van der Waals surface area contributed by atoms with Gasteiger partial charge in [-0.15, -0.1) is 0 Å². The van der Waals surface area contributed by atoms with E-state index in [1.165, 1.54) is 38.5 Å². The highest BCUT2D eigenvalue weighted by Gasteiger charge is 2.15. The Kier molecular flexibility index (Phi) is 5.32. The molecule has 1 aliphatic carbocycles. The molecule has 3 aromatic rings. The number of rotatable bonds is 5. The summed E-state index contributed by atoms with van der Waals surface area (Å²) in [5.41, 5.74) is 1.94. The lowest BCUT2D eigenvalue weighted by molar-refractivity contribution is 0.400. The highest BCUT2D eigenvalue weighted by Crippen LogP contribution is 2.25. The lowest BCUT2D eigenvalue weighted by Gasteiger charge is -2.18. The van der Waals surface area contributed by atoms with Crippen LogP contribution < -0.4 is 10.6 Å². The second-order valence-corrected chi connectivity index (χ2v) is 7.11. The zero-order valence-corrected chi connectivity index (χ0v) is 15.6. The Hall–Kier alpha value is -2.89. The van der Waals surface area contributed by atoms with Crippen molar-refractivity contribution < 1.29 is 4.52 Å². The Morgan fingerprint density at radius 3 is 2.41 bits per heavy atom.